The molecule has 2 atom stereocenters. The third-order valence-electron chi connectivity index (χ3n) is 6.31. The number of carbonyl (C=O) groups excluding carboxylic acids is 2. The lowest BCUT2D eigenvalue weighted by Crippen LogP contribution is -2.30. The molecule has 7 heteroatoms. The summed E-state index contributed by atoms with van der Waals surface area (Å²) in [6.45, 7) is 0.358. The number of aliphatic hydroxyl groups is 2. The SMILES string of the molecule is COC(=O)/C=C/c1ccc(C(O)C(O)CCNC(=O)OCC2c3ccccc3-c3ccccc32)cc1. The van der Waals surface area contributed by atoms with E-state index in [1.165, 1.54) is 13.2 Å². The molecule has 0 saturated heterocycles. The van der Waals surface area contributed by atoms with E-state index in [-0.39, 0.29) is 25.5 Å². The van der Waals surface area contributed by atoms with Gasteiger partial charge in [-0.2, -0.15) is 0 Å². The van der Waals surface area contributed by atoms with Crippen LogP contribution in [0.1, 0.15) is 40.7 Å². The van der Waals surface area contributed by atoms with Gasteiger partial charge in [-0.25, -0.2) is 9.59 Å². The van der Waals surface area contributed by atoms with Crippen LogP contribution in [-0.4, -0.2) is 48.6 Å². The number of carbonyl (C=O) groups is 2. The predicted octanol–water partition coefficient (Wildman–Crippen LogP) is 4.20. The molecule has 4 rings (SSSR count). The molecule has 0 saturated carbocycles. The molecule has 2 unspecified atom stereocenters. The third-order valence-corrected chi connectivity index (χ3v) is 6.31. The van der Waals surface area contributed by atoms with E-state index < -0.39 is 24.3 Å². The summed E-state index contributed by atoms with van der Waals surface area (Å²) in [5, 5.41) is 23.5. The van der Waals surface area contributed by atoms with Gasteiger partial charge in [0.2, 0.25) is 0 Å². The Balaban J connectivity index is 1.24. The van der Waals surface area contributed by atoms with Gasteiger partial charge in [-0.05, 0) is 45.9 Å². The minimum atomic E-state index is -1.12. The van der Waals surface area contributed by atoms with Crippen LogP contribution < -0.4 is 5.32 Å². The molecular weight excluding hydrogens is 458 g/mol. The molecular formula is C29H29NO6. The van der Waals surface area contributed by atoms with Gasteiger partial charge in [0.15, 0.2) is 0 Å². The van der Waals surface area contributed by atoms with Gasteiger partial charge < -0.3 is 25.0 Å². The first kappa shape index (κ1) is 25.2. The molecule has 0 aliphatic heterocycles. The van der Waals surface area contributed by atoms with Crippen molar-refractivity contribution in [2.45, 2.75) is 24.5 Å². The Labute approximate surface area is 210 Å². The van der Waals surface area contributed by atoms with E-state index in [9.17, 15) is 19.8 Å². The summed E-state index contributed by atoms with van der Waals surface area (Å²) in [4.78, 5) is 23.5. The zero-order valence-electron chi connectivity index (χ0n) is 20.0. The Hall–Kier alpha value is -3.94. The molecule has 3 aromatic rings. The summed E-state index contributed by atoms with van der Waals surface area (Å²) < 4.78 is 10.0. The summed E-state index contributed by atoms with van der Waals surface area (Å²) in [5.74, 6) is -0.487. The van der Waals surface area contributed by atoms with Crippen molar-refractivity contribution in [3.05, 3.63) is 101 Å². The van der Waals surface area contributed by atoms with Crippen molar-refractivity contribution in [3.8, 4) is 11.1 Å². The zero-order chi connectivity index (χ0) is 25.5. The minimum absolute atomic E-state index is 0.0269. The van der Waals surface area contributed by atoms with Gasteiger partial charge in [-0.3, -0.25) is 0 Å². The maximum Gasteiger partial charge on any atom is 0.407 e. The Kier molecular flexibility index (Phi) is 8.15. The molecule has 0 fully saturated rings. The third kappa shape index (κ3) is 5.82. The molecule has 3 N–H and O–H groups in total. The highest BCUT2D eigenvalue weighted by molar-refractivity contribution is 5.86. The molecule has 186 valence electrons. The topological polar surface area (TPSA) is 105 Å². The standard InChI is InChI=1S/C29H29NO6/c1-35-27(32)15-12-19-10-13-20(14-11-19)28(33)26(31)16-17-30-29(34)36-18-25-23-8-4-2-6-21(23)22-7-3-5-9-24(22)25/h2-15,25-26,28,31,33H,16-18H2,1H3,(H,30,34)/b15-12+. The van der Waals surface area contributed by atoms with Crippen molar-refractivity contribution < 1.29 is 29.3 Å². The molecule has 7 nitrogen and oxygen atoms in total. The second kappa shape index (κ2) is 11.7. The fraction of sp³-hybridized carbons (Fsp3) is 0.241. The molecule has 0 radical (unpaired) electrons. The second-order valence-electron chi connectivity index (χ2n) is 8.58. The van der Waals surface area contributed by atoms with Crippen molar-refractivity contribution in [1.82, 2.24) is 5.32 Å². The van der Waals surface area contributed by atoms with E-state index in [4.69, 9.17) is 4.74 Å². The van der Waals surface area contributed by atoms with Crippen molar-refractivity contribution >= 4 is 18.1 Å². The van der Waals surface area contributed by atoms with Gasteiger partial charge in [0.25, 0.3) is 0 Å². The Bertz CT molecular complexity index is 1190. The van der Waals surface area contributed by atoms with Gasteiger partial charge >= 0.3 is 12.1 Å². The summed E-state index contributed by atoms with van der Waals surface area (Å²) in [6, 6.07) is 23.0. The molecule has 3 aromatic carbocycles. The summed E-state index contributed by atoms with van der Waals surface area (Å²) >= 11 is 0. The number of alkyl carbamates (subject to hydrolysis) is 1. The highest BCUT2D eigenvalue weighted by Crippen LogP contribution is 2.44. The number of amides is 1. The Morgan fingerprint density at radius 2 is 1.56 bits per heavy atom. The Morgan fingerprint density at radius 3 is 2.17 bits per heavy atom. The van der Waals surface area contributed by atoms with Gasteiger partial charge in [0.05, 0.1) is 13.2 Å². The lowest BCUT2D eigenvalue weighted by atomic mass is 9.98. The fourth-order valence-electron chi connectivity index (χ4n) is 4.39. The minimum Gasteiger partial charge on any atom is -0.466 e. The van der Waals surface area contributed by atoms with Crippen LogP contribution >= 0.6 is 0 Å². The number of hydrogen-bond acceptors (Lipinski definition) is 6. The zero-order valence-corrected chi connectivity index (χ0v) is 20.0. The summed E-state index contributed by atoms with van der Waals surface area (Å²) in [6.07, 6.45) is 0.282. The molecule has 1 aliphatic carbocycles. The number of hydrogen-bond donors (Lipinski definition) is 3. The van der Waals surface area contributed by atoms with E-state index in [0.29, 0.717) is 5.56 Å². The van der Waals surface area contributed by atoms with E-state index in [1.807, 2.05) is 24.3 Å². The number of rotatable bonds is 9. The maximum atomic E-state index is 12.3. The molecule has 0 heterocycles. The van der Waals surface area contributed by atoms with Crippen LogP contribution in [0.4, 0.5) is 4.79 Å². The average molecular weight is 488 g/mol. The Morgan fingerprint density at radius 1 is 0.944 bits per heavy atom. The maximum absolute atomic E-state index is 12.3. The highest BCUT2D eigenvalue weighted by Gasteiger charge is 2.29. The largest absolute Gasteiger partial charge is 0.466 e. The number of nitrogens with one attached hydrogen (secondary N) is 1. The van der Waals surface area contributed by atoms with Crippen LogP contribution in [0.3, 0.4) is 0 Å². The van der Waals surface area contributed by atoms with Gasteiger partial charge in [0.1, 0.15) is 12.7 Å². The van der Waals surface area contributed by atoms with Crippen LogP contribution in [0.25, 0.3) is 17.2 Å². The van der Waals surface area contributed by atoms with Gasteiger partial charge in [-0.1, -0.05) is 72.8 Å². The monoisotopic (exact) mass is 487 g/mol. The van der Waals surface area contributed by atoms with Crippen molar-refractivity contribution in [2.24, 2.45) is 0 Å². The number of esters is 1. The normalized spacial score (nSPS) is 14.1. The first-order chi connectivity index (χ1) is 17.5. The number of methoxy groups -OCH3 is 1. The average Bonchev–Trinajstić information content (AvgIpc) is 3.24. The lowest BCUT2D eigenvalue weighted by Gasteiger charge is -2.19. The smallest absolute Gasteiger partial charge is 0.407 e. The first-order valence-corrected chi connectivity index (χ1v) is 11.8. The first-order valence-electron chi connectivity index (χ1n) is 11.8. The lowest BCUT2D eigenvalue weighted by molar-refractivity contribution is -0.134. The van der Waals surface area contributed by atoms with Crippen LogP contribution in [0.15, 0.2) is 78.9 Å². The summed E-state index contributed by atoms with van der Waals surface area (Å²) in [7, 11) is 1.30. The second-order valence-corrected chi connectivity index (χ2v) is 8.58. The predicted molar refractivity (Wildman–Crippen MR) is 136 cm³/mol. The molecule has 0 bridgehead atoms. The molecule has 36 heavy (non-hydrogen) atoms. The van der Waals surface area contributed by atoms with Crippen molar-refractivity contribution in [1.29, 1.82) is 0 Å². The van der Waals surface area contributed by atoms with Crippen LogP contribution in [0.2, 0.25) is 0 Å². The molecule has 1 aliphatic rings. The molecule has 1 amide bonds. The van der Waals surface area contributed by atoms with Crippen LogP contribution in [0, 0.1) is 0 Å². The van der Waals surface area contributed by atoms with Crippen LogP contribution in [0.5, 0.6) is 0 Å². The van der Waals surface area contributed by atoms with Gasteiger partial charge in [0, 0.05) is 18.5 Å². The van der Waals surface area contributed by atoms with E-state index in [2.05, 4.69) is 34.3 Å². The van der Waals surface area contributed by atoms with Gasteiger partial charge in [-0.15, -0.1) is 0 Å². The van der Waals surface area contributed by atoms with E-state index in [0.717, 1.165) is 27.8 Å². The summed E-state index contributed by atoms with van der Waals surface area (Å²) in [5.41, 5.74) is 5.87. The van der Waals surface area contributed by atoms with E-state index >= 15 is 0 Å². The fourth-order valence-corrected chi connectivity index (χ4v) is 4.39. The number of aliphatic hydroxyl groups excluding tert-OH is 2. The highest BCUT2D eigenvalue weighted by atomic mass is 16.5. The van der Waals surface area contributed by atoms with Crippen molar-refractivity contribution in [3.63, 3.8) is 0 Å². The van der Waals surface area contributed by atoms with Crippen LogP contribution in [-0.2, 0) is 14.3 Å². The molecule has 0 aromatic heterocycles. The number of benzene rings is 3. The molecule has 0 spiro atoms. The quantitative estimate of drug-likeness (QED) is 0.309. The number of fused-ring (bicyclic) bond motifs is 3. The van der Waals surface area contributed by atoms with Crippen molar-refractivity contribution in [2.75, 3.05) is 20.3 Å². The number of ether oxygens (including phenoxy) is 2. The van der Waals surface area contributed by atoms with E-state index in [1.54, 1.807) is 30.3 Å².